The first-order valence-corrected chi connectivity index (χ1v) is 11.6. The molecule has 10 heteroatoms. The molecule has 1 unspecified atom stereocenters. The molecular formula is C25H29N7O3. The lowest BCUT2D eigenvalue weighted by molar-refractivity contribution is 0.0933. The molecule has 0 spiro atoms. The molecule has 0 aliphatic heterocycles. The quantitative estimate of drug-likeness (QED) is 0.403. The van der Waals surface area contributed by atoms with E-state index in [-0.39, 0.29) is 28.4 Å². The Morgan fingerprint density at radius 2 is 1.83 bits per heavy atom. The molecule has 182 valence electrons. The number of hydrogen-bond acceptors (Lipinski definition) is 6. The minimum Gasteiger partial charge on any atom is -0.343 e. The van der Waals surface area contributed by atoms with Gasteiger partial charge in [-0.1, -0.05) is 58.0 Å². The molecule has 3 aromatic heterocycles. The summed E-state index contributed by atoms with van der Waals surface area (Å²) in [6, 6.07) is 10.7. The maximum absolute atomic E-state index is 13.7. The maximum atomic E-state index is 13.7. The summed E-state index contributed by atoms with van der Waals surface area (Å²) in [6.07, 6.45) is 3.01. The molecule has 0 fully saturated rings. The summed E-state index contributed by atoms with van der Waals surface area (Å²) in [4.78, 5) is 50.3. The Kier molecular flexibility index (Phi) is 6.90. The number of rotatable bonds is 8. The van der Waals surface area contributed by atoms with E-state index in [4.69, 9.17) is 0 Å². The standard InChI is InChI=1S/C25H29N7O3/c1-15(2)11-32-22-21(24(34)30-25(32)35)18(10-19(28-22)16(3)4)23(33)29-20(12-31-14-26-13-27-31)17-8-6-5-7-9-17/h5-10,13-16,20H,11-12H2,1-4H3,(H,29,33)(H,30,34,35). The van der Waals surface area contributed by atoms with Gasteiger partial charge in [0.25, 0.3) is 11.5 Å². The van der Waals surface area contributed by atoms with Gasteiger partial charge in [0.2, 0.25) is 0 Å². The van der Waals surface area contributed by atoms with E-state index in [2.05, 4.69) is 25.4 Å². The van der Waals surface area contributed by atoms with Gasteiger partial charge in [-0.3, -0.25) is 23.8 Å². The maximum Gasteiger partial charge on any atom is 0.330 e. The molecule has 0 radical (unpaired) electrons. The molecule has 2 N–H and O–H groups in total. The highest BCUT2D eigenvalue weighted by molar-refractivity contribution is 6.05. The van der Waals surface area contributed by atoms with Crippen LogP contribution < -0.4 is 16.6 Å². The van der Waals surface area contributed by atoms with Crippen molar-refractivity contribution in [3.05, 3.63) is 86.7 Å². The number of carbonyl (C=O) groups is 1. The second-order valence-electron chi connectivity index (χ2n) is 9.27. The summed E-state index contributed by atoms with van der Waals surface area (Å²) in [5.41, 5.74) is 0.727. The molecule has 4 aromatic rings. The monoisotopic (exact) mass is 475 g/mol. The average molecular weight is 476 g/mol. The van der Waals surface area contributed by atoms with Crippen LogP contribution in [-0.2, 0) is 13.1 Å². The van der Waals surface area contributed by atoms with Crippen LogP contribution in [0.5, 0.6) is 0 Å². The molecule has 0 bridgehead atoms. The largest absolute Gasteiger partial charge is 0.343 e. The van der Waals surface area contributed by atoms with Crippen LogP contribution in [0, 0.1) is 5.92 Å². The molecule has 3 heterocycles. The normalized spacial score (nSPS) is 12.4. The van der Waals surface area contributed by atoms with Gasteiger partial charge in [-0.05, 0) is 23.5 Å². The number of hydrogen-bond donors (Lipinski definition) is 2. The van der Waals surface area contributed by atoms with Crippen molar-refractivity contribution in [3.8, 4) is 0 Å². The number of benzene rings is 1. The lowest BCUT2D eigenvalue weighted by Gasteiger charge is -2.21. The molecule has 10 nitrogen and oxygen atoms in total. The summed E-state index contributed by atoms with van der Waals surface area (Å²) < 4.78 is 3.07. The van der Waals surface area contributed by atoms with Gasteiger partial charge < -0.3 is 5.32 Å². The van der Waals surface area contributed by atoms with Gasteiger partial charge in [-0.15, -0.1) is 0 Å². The third-order valence-corrected chi connectivity index (χ3v) is 5.70. The van der Waals surface area contributed by atoms with Crippen molar-refractivity contribution < 1.29 is 4.79 Å². The Morgan fingerprint density at radius 3 is 2.46 bits per heavy atom. The zero-order chi connectivity index (χ0) is 25.1. The highest BCUT2D eigenvalue weighted by Crippen LogP contribution is 2.22. The predicted octanol–water partition coefficient (Wildman–Crippen LogP) is 2.63. The number of carbonyl (C=O) groups excluding carboxylic acids is 1. The van der Waals surface area contributed by atoms with Crippen LogP contribution >= 0.6 is 0 Å². The molecule has 1 atom stereocenters. The van der Waals surface area contributed by atoms with Gasteiger partial charge in [-0.2, -0.15) is 5.10 Å². The second-order valence-corrected chi connectivity index (χ2v) is 9.27. The fourth-order valence-corrected chi connectivity index (χ4v) is 3.97. The molecule has 1 aromatic carbocycles. The number of nitrogens with zero attached hydrogens (tertiary/aromatic N) is 5. The lowest BCUT2D eigenvalue weighted by atomic mass is 10.0. The minimum atomic E-state index is -0.634. The third kappa shape index (κ3) is 5.21. The molecule has 4 rings (SSSR count). The summed E-state index contributed by atoms with van der Waals surface area (Å²) in [6.45, 7) is 8.55. The number of nitrogens with one attached hydrogen (secondary N) is 2. The molecule has 0 aliphatic carbocycles. The zero-order valence-corrected chi connectivity index (χ0v) is 20.2. The Morgan fingerprint density at radius 1 is 1.09 bits per heavy atom. The lowest BCUT2D eigenvalue weighted by Crippen LogP contribution is -2.36. The SMILES string of the molecule is CC(C)Cn1c(=O)[nH]c(=O)c2c(C(=O)NC(Cn3cncn3)c3ccccc3)cc(C(C)C)nc21. The number of fused-ring (bicyclic) bond motifs is 1. The number of aromatic nitrogens is 6. The van der Waals surface area contributed by atoms with Gasteiger partial charge in [-0.25, -0.2) is 14.8 Å². The fourth-order valence-electron chi connectivity index (χ4n) is 3.97. The number of aromatic amines is 1. The first kappa shape index (κ1) is 24.1. The van der Waals surface area contributed by atoms with Crippen molar-refractivity contribution in [3.63, 3.8) is 0 Å². The van der Waals surface area contributed by atoms with Gasteiger partial charge >= 0.3 is 5.69 Å². The average Bonchev–Trinajstić information content (AvgIpc) is 3.34. The highest BCUT2D eigenvalue weighted by atomic mass is 16.2. The third-order valence-electron chi connectivity index (χ3n) is 5.70. The first-order chi connectivity index (χ1) is 16.7. The van der Waals surface area contributed by atoms with Crippen molar-refractivity contribution in [2.75, 3.05) is 0 Å². The minimum absolute atomic E-state index is 0.0205. The molecule has 0 aliphatic rings. The Hall–Kier alpha value is -4.08. The molecule has 0 saturated heterocycles. The first-order valence-electron chi connectivity index (χ1n) is 11.6. The van der Waals surface area contributed by atoms with Gasteiger partial charge in [0.05, 0.1) is 23.5 Å². The van der Waals surface area contributed by atoms with Crippen molar-refractivity contribution >= 4 is 16.9 Å². The van der Waals surface area contributed by atoms with E-state index in [1.807, 2.05) is 58.0 Å². The Labute approximate surface area is 202 Å². The number of H-pyrrole nitrogens is 1. The van der Waals surface area contributed by atoms with Crippen LogP contribution in [0.2, 0.25) is 0 Å². The van der Waals surface area contributed by atoms with Crippen LogP contribution in [0.1, 0.15) is 61.3 Å². The van der Waals surface area contributed by atoms with E-state index in [1.165, 1.54) is 10.9 Å². The van der Waals surface area contributed by atoms with Crippen LogP contribution in [-0.4, -0.2) is 35.2 Å². The fraction of sp³-hybridized carbons (Fsp3) is 0.360. The predicted molar refractivity (Wildman–Crippen MR) is 132 cm³/mol. The van der Waals surface area contributed by atoms with E-state index in [1.54, 1.807) is 17.1 Å². The molecule has 1 amide bonds. The highest BCUT2D eigenvalue weighted by Gasteiger charge is 2.23. The van der Waals surface area contributed by atoms with E-state index < -0.39 is 23.2 Å². The van der Waals surface area contributed by atoms with E-state index in [9.17, 15) is 14.4 Å². The Bertz CT molecular complexity index is 1440. The molecular weight excluding hydrogens is 446 g/mol. The topological polar surface area (TPSA) is 128 Å². The second kappa shape index (κ2) is 10.0. The summed E-state index contributed by atoms with van der Waals surface area (Å²) >= 11 is 0. The molecule has 0 saturated carbocycles. The van der Waals surface area contributed by atoms with Gasteiger partial charge in [0.15, 0.2) is 5.65 Å². The van der Waals surface area contributed by atoms with Crippen molar-refractivity contribution in [1.29, 1.82) is 0 Å². The van der Waals surface area contributed by atoms with Crippen LogP contribution in [0.4, 0.5) is 0 Å². The van der Waals surface area contributed by atoms with E-state index in [0.29, 0.717) is 18.8 Å². The Balaban J connectivity index is 1.85. The van der Waals surface area contributed by atoms with Crippen molar-refractivity contribution in [1.82, 2.24) is 34.6 Å². The summed E-state index contributed by atoms with van der Waals surface area (Å²) in [5, 5.41) is 7.31. The van der Waals surface area contributed by atoms with Gasteiger partial charge in [0.1, 0.15) is 12.7 Å². The van der Waals surface area contributed by atoms with Gasteiger partial charge in [0, 0.05) is 12.2 Å². The van der Waals surface area contributed by atoms with Crippen LogP contribution in [0.25, 0.3) is 11.0 Å². The van der Waals surface area contributed by atoms with E-state index in [0.717, 1.165) is 5.56 Å². The van der Waals surface area contributed by atoms with E-state index >= 15 is 0 Å². The summed E-state index contributed by atoms with van der Waals surface area (Å²) in [5.74, 6) is -0.324. The number of amides is 1. The van der Waals surface area contributed by atoms with Crippen LogP contribution in [0.15, 0.2) is 58.6 Å². The number of pyridine rings is 1. The summed E-state index contributed by atoms with van der Waals surface area (Å²) in [7, 11) is 0. The zero-order valence-electron chi connectivity index (χ0n) is 20.2. The molecule has 35 heavy (non-hydrogen) atoms. The van der Waals surface area contributed by atoms with Crippen molar-refractivity contribution in [2.24, 2.45) is 5.92 Å². The van der Waals surface area contributed by atoms with Crippen molar-refractivity contribution in [2.45, 2.75) is 52.7 Å². The van der Waals surface area contributed by atoms with Crippen LogP contribution in [0.3, 0.4) is 0 Å². The smallest absolute Gasteiger partial charge is 0.330 e.